The average Bonchev–Trinajstić information content (AvgIpc) is 2.56. The molecule has 0 unspecified atom stereocenters. The number of benzene rings is 2. The standard InChI is InChI=1S/C16H11Cl2N3O4S/c17-11-4-5-15(14(18)6-11)20-9-10(8-19)16(22)21-12-2-1-3-13(7-12)26(23,24)25/h1-7,9,20H,(H,21,22)(H,23,24,25)/b10-9-. The highest BCUT2D eigenvalue weighted by Crippen LogP contribution is 2.25. The first-order valence-electron chi connectivity index (χ1n) is 6.91. The van der Waals surface area contributed by atoms with Crippen LogP contribution < -0.4 is 10.6 Å². The van der Waals surface area contributed by atoms with Crippen molar-refractivity contribution in [1.82, 2.24) is 0 Å². The molecule has 0 aliphatic heterocycles. The lowest BCUT2D eigenvalue weighted by Crippen LogP contribution is -2.15. The van der Waals surface area contributed by atoms with Gasteiger partial charge in [0, 0.05) is 16.9 Å². The Balaban J connectivity index is 2.17. The van der Waals surface area contributed by atoms with Crippen molar-refractivity contribution >= 4 is 50.6 Å². The number of hydrogen-bond acceptors (Lipinski definition) is 5. The van der Waals surface area contributed by atoms with Gasteiger partial charge in [0.1, 0.15) is 11.6 Å². The summed E-state index contributed by atoms with van der Waals surface area (Å²) < 4.78 is 31.3. The average molecular weight is 412 g/mol. The van der Waals surface area contributed by atoms with Crippen molar-refractivity contribution in [2.75, 3.05) is 10.6 Å². The smallest absolute Gasteiger partial charge is 0.294 e. The van der Waals surface area contributed by atoms with Gasteiger partial charge < -0.3 is 10.6 Å². The third-order valence-corrected chi connectivity index (χ3v) is 4.46. The van der Waals surface area contributed by atoms with Crippen LogP contribution in [0.4, 0.5) is 11.4 Å². The van der Waals surface area contributed by atoms with Crippen LogP contribution in [-0.4, -0.2) is 18.9 Å². The molecule has 0 atom stereocenters. The molecule has 0 heterocycles. The SMILES string of the molecule is N#C/C(=C/Nc1ccc(Cl)cc1Cl)C(=O)Nc1cccc(S(=O)(=O)O)c1. The van der Waals surface area contributed by atoms with E-state index < -0.39 is 16.0 Å². The second-order valence-corrected chi connectivity index (χ2v) is 7.16. The molecule has 0 aliphatic rings. The number of amides is 1. The summed E-state index contributed by atoms with van der Waals surface area (Å²) in [5.74, 6) is -0.780. The molecule has 0 fully saturated rings. The van der Waals surface area contributed by atoms with E-state index in [0.29, 0.717) is 15.7 Å². The number of hydrogen-bond donors (Lipinski definition) is 3. The van der Waals surface area contributed by atoms with Gasteiger partial charge >= 0.3 is 0 Å². The summed E-state index contributed by atoms with van der Waals surface area (Å²) in [5, 5.41) is 15.0. The van der Waals surface area contributed by atoms with E-state index in [9.17, 15) is 13.2 Å². The van der Waals surface area contributed by atoms with E-state index in [1.807, 2.05) is 0 Å². The summed E-state index contributed by atoms with van der Waals surface area (Å²) in [6.07, 6.45) is 1.15. The number of carbonyl (C=O) groups excluding carboxylic acids is 1. The lowest BCUT2D eigenvalue weighted by atomic mass is 10.2. The molecular weight excluding hydrogens is 401 g/mol. The zero-order chi connectivity index (χ0) is 19.3. The van der Waals surface area contributed by atoms with Crippen molar-refractivity contribution in [1.29, 1.82) is 5.26 Å². The fraction of sp³-hybridized carbons (Fsp3) is 0. The van der Waals surface area contributed by atoms with Crippen LogP contribution in [0.5, 0.6) is 0 Å². The van der Waals surface area contributed by atoms with Crippen LogP contribution >= 0.6 is 23.2 Å². The number of halogens is 2. The maximum atomic E-state index is 12.2. The van der Waals surface area contributed by atoms with Crippen LogP contribution in [0, 0.1) is 11.3 Å². The molecule has 26 heavy (non-hydrogen) atoms. The van der Waals surface area contributed by atoms with Gasteiger partial charge in [-0.05, 0) is 36.4 Å². The van der Waals surface area contributed by atoms with Gasteiger partial charge in [-0.1, -0.05) is 29.3 Å². The topological polar surface area (TPSA) is 119 Å². The van der Waals surface area contributed by atoms with Crippen LogP contribution in [0.1, 0.15) is 0 Å². The Hall–Kier alpha value is -2.57. The van der Waals surface area contributed by atoms with Crippen LogP contribution in [0.25, 0.3) is 0 Å². The number of nitrogens with zero attached hydrogens (tertiary/aromatic N) is 1. The van der Waals surface area contributed by atoms with Crippen molar-refractivity contribution in [3.63, 3.8) is 0 Å². The molecule has 0 saturated carbocycles. The summed E-state index contributed by atoms with van der Waals surface area (Å²) in [6, 6.07) is 11.3. The monoisotopic (exact) mass is 411 g/mol. The minimum atomic E-state index is -4.41. The molecule has 3 N–H and O–H groups in total. The number of nitriles is 1. The number of nitrogens with one attached hydrogen (secondary N) is 2. The van der Waals surface area contributed by atoms with E-state index in [0.717, 1.165) is 18.3 Å². The second kappa shape index (κ2) is 8.21. The molecule has 0 aromatic heterocycles. The second-order valence-electron chi connectivity index (χ2n) is 4.90. The van der Waals surface area contributed by atoms with E-state index >= 15 is 0 Å². The summed E-state index contributed by atoms with van der Waals surface area (Å²) in [5.41, 5.74) is 0.245. The molecule has 1 amide bonds. The predicted octanol–water partition coefficient (Wildman–Crippen LogP) is 3.70. The maximum absolute atomic E-state index is 12.2. The van der Waals surface area contributed by atoms with Gasteiger partial charge in [-0.15, -0.1) is 0 Å². The predicted molar refractivity (Wildman–Crippen MR) is 98.7 cm³/mol. The largest absolute Gasteiger partial charge is 0.359 e. The third kappa shape index (κ3) is 5.21. The zero-order valence-electron chi connectivity index (χ0n) is 12.9. The van der Waals surface area contributed by atoms with Crippen molar-refractivity contribution in [2.24, 2.45) is 0 Å². The van der Waals surface area contributed by atoms with Crippen LogP contribution in [0.15, 0.2) is 59.1 Å². The van der Waals surface area contributed by atoms with Gasteiger partial charge in [-0.2, -0.15) is 13.7 Å². The molecule has 0 bridgehead atoms. The number of rotatable bonds is 5. The molecular formula is C16H11Cl2N3O4S. The molecule has 0 spiro atoms. The third-order valence-electron chi connectivity index (χ3n) is 3.06. The highest BCUT2D eigenvalue weighted by molar-refractivity contribution is 7.85. The maximum Gasteiger partial charge on any atom is 0.294 e. The molecule has 2 aromatic rings. The summed E-state index contributed by atoms with van der Waals surface area (Å²) in [6.45, 7) is 0. The van der Waals surface area contributed by atoms with Crippen LogP contribution in [0.2, 0.25) is 10.0 Å². The molecule has 0 radical (unpaired) electrons. The Kier molecular flexibility index (Phi) is 6.23. The Morgan fingerprint density at radius 2 is 1.92 bits per heavy atom. The van der Waals surface area contributed by atoms with Gasteiger partial charge in [0.05, 0.1) is 15.6 Å². The normalized spacial score (nSPS) is 11.5. The number of anilines is 2. The Bertz CT molecular complexity index is 1030. The van der Waals surface area contributed by atoms with E-state index in [1.54, 1.807) is 18.2 Å². The summed E-state index contributed by atoms with van der Waals surface area (Å²) >= 11 is 11.8. The van der Waals surface area contributed by atoms with Gasteiger partial charge in [-0.25, -0.2) is 0 Å². The zero-order valence-corrected chi connectivity index (χ0v) is 15.2. The van der Waals surface area contributed by atoms with Crippen molar-refractivity contribution in [3.05, 3.63) is 64.3 Å². The summed E-state index contributed by atoms with van der Waals surface area (Å²) in [7, 11) is -4.41. The molecule has 0 aliphatic carbocycles. The highest BCUT2D eigenvalue weighted by Gasteiger charge is 2.13. The molecule has 2 aromatic carbocycles. The van der Waals surface area contributed by atoms with Gasteiger partial charge in [-0.3, -0.25) is 9.35 Å². The Labute approximate surface area is 159 Å². The molecule has 10 heteroatoms. The van der Waals surface area contributed by atoms with E-state index in [2.05, 4.69) is 10.6 Å². The molecule has 7 nitrogen and oxygen atoms in total. The van der Waals surface area contributed by atoms with Gasteiger partial charge in [0.25, 0.3) is 16.0 Å². The minimum absolute atomic E-state index is 0.0933. The molecule has 2 rings (SSSR count). The highest BCUT2D eigenvalue weighted by atomic mass is 35.5. The van der Waals surface area contributed by atoms with Crippen molar-refractivity contribution in [3.8, 4) is 6.07 Å². The lowest BCUT2D eigenvalue weighted by molar-refractivity contribution is -0.112. The Morgan fingerprint density at radius 3 is 2.54 bits per heavy atom. The van der Waals surface area contributed by atoms with E-state index in [1.165, 1.54) is 18.2 Å². The minimum Gasteiger partial charge on any atom is -0.359 e. The van der Waals surface area contributed by atoms with Crippen LogP contribution in [-0.2, 0) is 14.9 Å². The van der Waals surface area contributed by atoms with Crippen molar-refractivity contribution < 1.29 is 17.8 Å². The van der Waals surface area contributed by atoms with Gasteiger partial charge in [0.15, 0.2) is 0 Å². The first kappa shape index (κ1) is 19.8. The first-order chi connectivity index (χ1) is 12.2. The fourth-order valence-electron chi connectivity index (χ4n) is 1.84. The van der Waals surface area contributed by atoms with E-state index in [-0.39, 0.29) is 16.2 Å². The summed E-state index contributed by atoms with van der Waals surface area (Å²) in [4.78, 5) is 11.8. The molecule has 134 valence electrons. The van der Waals surface area contributed by atoms with E-state index in [4.69, 9.17) is 33.0 Å². The Morgan fingerprint density at radius 1 is 1.19 bits per heavy atom. The number of carbonyl (C=O) groups is 1. The molecule has 0 saturated heterocycles. The van der Waals surface area contributed by atoms with Crippen molar-refractivity contribution in [2.45, 2.75) is 4.90 Å². The quantitative estimate of drug-likeness (QED) is 0.391. The first-order valence-corrected chi connectivity index (χ1v) is 9.11. The van der Waals surface area contributed by atoms with Gasteiger partial charge in [0.2, 0.25) is 0 Å². The van der Waals surface area contributed by atoms with Crippen LogP contribution in [0.3, 0.4) is 0 Å². The lowest BCUT2D eigenvalue weighted by Gasteiger charge is -2.07. The fourth-order valence-corrected chi connectivity index (χ4v) is 2.83.